The highest BCUT2D eigenvalue weighted by molar-refractivity contribution is 4.73. The maximum absolute atomic E-state index is 12.6. The van der Waals surface area contributed by atoms with Crippen molar-refractivity contribution >= 4 is 0 Å². The number of halogens is 1. The van der Waals surface area contributed by atoms with Crippen molar-refractivity contribution in [3.05, 3.63) is 0 Å². The largest absolute Gasteiger partial charge is 0.314 e. The molecule has 0 radical (unpaired) electrons. The zero-order valence-corrected chi connectivity index (χ0v) is 6.61. The van der Waals surface area contributed by atoms with Crippen molar-refractivity contribution in [1.82, 2.24) is 5.32 Å². The molecular formula is C7H16FN. The first kappa shape index (κ1) is 8.89. The Morgan fingerprint density at radius 1 is 1.22 bits per heavy atom. The first-order valence-electron chi connectivity index (χ1n) is 3.41. The molecule has 0 aliphatic rings. The van der Waals surface area contributed by atoms with E-state index in [1.54, 1.807) is 14.0 Å². The van der Waals surface area contributed by atoms with E-state index in [1.807, 2.05) is 13.8 Å². The summed E-state index contributed by atoms with van der Waals surface area (Å²) in [4.78, 5) is 0. The van der Waals surface area contributed by atoms with Crippen molar-refractivity contribution in [3.63, 3.8) is 0 Å². The molecule has 0 saturated heterocycles. The molecule has 0 amide bonds. The average molecular weight is 133 g/mol. The summed E-state index contributed by atoms with van der Waals surface area (Å²) in [5, 5.41) is 2.93. The zero-order chi connectivity index (χ0) is 7.44. The first-order valence-corrected chi connectivity index (χ1v) is 3.41. The molecule has 56 valence electrons. The maximum atomic E-state index is 12.6. The average Bonchev–Trinajstić information content (AvgIpc) is 1.64. The van der Waals surface area contributed by atoms with Crippen LogP contribution in [0, 0.1) is 5.92 Å². The molecule has 1 unspecified atom stereocenters. The van der Waals surface area contributed by atoms with Gasteiger partial charge in [0, 0.05) is 6.04 Å². The molecule has 2 heteroatoms. The highest BCUT2D eigenvalue weighted by Crippen LogP contribution is 2.07. The summed E-state index contributed by atoms with van der Waals surface area (Å²) >= 11 is 0. The summed E-state index contributed by atoms with van der Waals surface area (Å²) in [6.07, 6.45) is -0.755. The third-order valence-electron chi connectivity index (χ3n) is 1.55. The normalized spacial score (nSPS) is 18.0. The van der Waals surface area contributed by atoms with Gasteiger partial charge in [-0.15, -0.1) is 0 Å². The zero-order valence-electron chi connectivity index (χ0n) is 6.61. The monoisotopic (exact) mass is 133 g/mol. The molecule has 1 nitrogen and oxygen atoms in total. The van der Waals surface area contributed by atoms with E-state index in [-0.39, 0.29) is 6.04 Å². The Labute approximate surface area is 56.6 Å². The fraction of sp³-hybridized carbons (Fsp3) is 1.00. The molecule has 0 spiro atoms. The van der Waals surface area contributed by atoms with Crippen LogP contribution >= 0.6 is 0 Å². The van der Waals surface area contributed by atoms with Gasteiger partial charge in [0.1, 0.15) is 6.17 Å². The molecule has 0 aromatic rings. The van der Waals surface area contributed by atoms with Gasteiger partial charge in [-0.25, -0.2) is 4.39 Å². The Balaban J connectivity index is 3.68. The lowest BCUT2D eigenvalue weighted by Crippen LogP contribution is -2.37. The van der Waals surface area contributed by atoms with E-state index < -0.39 is 6.17 Å². The van der Waals surface area contributed by atoms with E-state index in [0.717, 1.165) is 0 Å². The molecule has 0 aromatic carbocycles. The van der Waals surface area contributed by atoms with E-state index >= 15 is 0 Å². The second-order valence-electron chi connectivity index (χ2n) is 2.74. The van der Waals surface area contributed by atoms with Crippen molar-refractivity contribution in [3.8, 4) is 0 Å². The van der Waals surface area contributed by atoms with Crippen LogP contribution in [-0.2, 0) is 0 Å². The lowest BCUT2D eigenvalue weighted by Gasteiger charge is -2.20. The Morgan fingerprint density at radius 2 is 1.67 bits per heavy atom. The topological polar surface area (TPSA) is 12.0 Å². The number of rotatable bonds is 3. The second kappa shape index (κ2) is 3.83. The number of hydrogen-bond acceptors (Lipinski definition) is 1. The van der Waals surface area contributed by atoms with Gasteiger partial charge in [0.2, 0.25) is 0 Å². The minimum atomic E-state index is -0.755. The minimum Gasteiger partial charge on any atom is -0.314 e. The smallest absolute Gasteiger partial charge is 0.113 e. The summed E-state index contributed by atoms with van der Waals surface area (Å²) < 4.78 is 12.6. The molecule has 1 N–H and O–H groups in total. The summed E-state index contributed by atoms with van der Waals surface area (Å²) in [5.41, 5.74) is 0. The van der Waals surface area contributed by atoms with E-state index in [9.17, 15) is 4.39 Å². The summed E-state index contributed by atoms with van der Waals surface area (Å²) in [6.45, 7) is 5.61. The van der Waals surface area contributed by atoms with Gasteiger partial charge >= 0.3 is 0 Å². The molecule has 0 aromatic heterocycles. The van der Waals surface area contributed by atoms with Gasteiger partial charge in [0.15, 0.2) is 0 Å². The second-order valence-corrected chi connectivity index (χ2v) is 2.74. The molecule has 0 heterocycles. The fourth-order valence-electron chi connectivity index (χ4n) is 1.09. The molecule has 0 rings (SSSR count). The summed E-state index contributed by atoms with van der Waals surface area (Å²) in [6, 6.07) is 0.00463. The maximum Gasteiger partial charge on any atom is 0.113 e. The SMILES string of the molecule is CNC(C(C)C)[C@H](C)F. The third kappa shape index (κ3) is 2.80. The Morgan fingerprint density at radius 3 is 1.67 bits per heavy atom. The van der Waals surface area contributed by atoms with Gasteiger partial charge in [-0.1, -0.05) is 13.8 Å². The number of nitrogens with one attached hydrogen (secondary N) is 1. The van der Waals surface area contributed by atoms with Crippen LogP contribution < -0.4 is 5.32 Å². The van der Waals surface area contributed by atoms with Crippen molar-refractivity contribution in [2.24, 2.45) is 5.92 Å². The minimum absolute atomic E-state index is 0.00463. The molecule has 0 aliphatic carbocycles. The van der Waals surface area contributed by atoms with Crippen molar-refractivity contribution in [1.29, 1.82) is 0 Å². The molecule has 0 saturated carbocycles. The van der Waals surface area contributed by atoms with Crippen LogP contribution in [-0.4, -0.2) is 19.3 Å². The van der Waals surface area contributed by atoms with Crippen LogP contribution in [0.15, 0.2) is 0 Å². The van der Waals surface area contributed by atoms with Gasteiger partial charge < -0.3 is 5.32 Å². The highest BCUT2D eigenvalue weighted by Gasteiger charge is 2.17. The predicted octanol–water partition coefficient (Wildman–Crippen LogP) is 1.59. The molecule has 0 bridgehead atoms. The van der Waals surface area contributed by atoms with Crippen molar-refractivity contribution < 1.29 is 4.39 Å². The quantitative estimate of drug-likeness (QED) is 0.616. The van der Waals surface area contributed by atoms with E-state index in [2.05, 4.69) is 5.32 Å². The predicted molar refractivity (Wildman–Crippen MR) is 38.3 cm³/mol. The Kier molecular flexibility index (Phi) is 3.78. The highest BCUT2D eigenvalue weighted by atomic mass is 19.1. The Hall–Kier alpha value is -0.110. The summed E-state index contributed by atoms with van der Waals surface area (Å²) in [7, 11) is 1.79. The molecule has 2 atom stereocenters. The number of hydrogen-bond donors (Lipinski definition) is 1. The van der Waals surface area contributed by atoms with Gasteiger partial charge in [0.05, 0.1) is 0 Å². The fourth-order valence-corrected chi connectivity index (χ4v) is 1.09. The van der Waals surface area contributed by atoms with Gasteiger partial charge in [-0.3, -0.25) is 0 Å². The lowest BCUT2D eigenvalue weighted by molar-refractivity contribution is 0.234. The molecule has 0 fully saturated rings. The molecular weight excluding hydrogens is 117 g/mol. The van der Waals surface area contributed by atoms with Crippen LogP contribution in [0.3, 0.4) is 0 Å². The van der Waals surface area contributed by atoms with Crippen LogP contribution in [0.1, 0.15) is 20.8 Å². The van der Waals surface area contributed by atoms with E-state index in [1.165, 1.54) is 0 Å². The van der Waals surface area contributed by atoms with Crippen LogP contribution in [0.5, 0.6) is 0 Å². The Bertz CT molecular complexity index is 63.3. The van der Waals surface area contributed by atoms with Crippen LogP contribution in [0.2, 0.25) is 0 Å². The third-order valence-corrected chi connectivity index (χ3v) is 1.55. The lowest BCUT2D eigenvalue weighted by atomic mass is 10.0. The van der Waals surface area contributed by atoms with Gasteiger partial charge in [0.25, 0.3) is 0 Å². The number of alkyl halides is 1. The van der Waals surface area contributed by atoms with Gasteiger partial charge in [-0.05, 0) is 19.9 Å². The van der Waals surface area contributed by atoms with E-state index in [4.69, 9.17) is 0 Å². The van der Waals surface area contributed by atoms with Crippen LogP contribution in [0.25, 0.3) is 0 Å². The first-order chi connectivity index (χ1) is 4.09. The summed E-state index contributed by atoms with van der Waals surface area (Å²) in [5.74, 6) is 0.370. The standard InChI is InChI=1S/C7H16FN/c1-5(2)7(9-4)6(3)8/h5-7,9H,1-4H3/t6-,7?/m0/s1. The molecule has 0 aliphatic heterocycles. The molecule has 9 heavy (non-hydrogen) atoms. The van der Waals surface area contributed by atoms with Crippen LogP contribution in [0.4, 0.5) is 4.39 Å². The van der Waals surface area contributed by atoms with Crippen molar-refractivity contribution in [2.75, 3.05) is 7.05 Å². The van der Waals surface area contributed by atoms with E-state index in [0.29, 0.717) is 5.92 Å². The van der Waals surface area contributed by atoms with Crippen molar-refractivity contribution in [2.45, 2.75) is 33.0 Å². The van der Waals surface area contributed by atoms with Gasteiger partial charge in [-0.2, -0.15) is 0 Å².